The maximum atomic E-state index is 9.75. The number of hydrogen-bond donors (Lipinski definition) is 0. The third-order valence-corrected chi connectivity index (χ3v) is 1.24. The molecule has 0 N–H and O–H groups in total. The van der Waals surface area contributed by atoms with Crippen molar-refractivity contribution in [2.24, 2.45) is 0 Å². The van der Waals surface area contributed by atoms with Crippen molar-refractivity contribution in [1.82, 2.24) is 9.80 Å². The highest BCUT2D eigenvalue weighted by Gasteiger charge is 2.20. The van der Waals surface area contributed by atoms with Crippen molar-refractivity contribution in [2.75, 3.05) is 13.7 Å². The van der Waals surface area contributed by atoms with E-state index >= 15 is 0 Å². The number of hydrogen-bond acceptors (Lipinski definition) is 2. The lowest BCUT2D eigenvalue weighted by atomic mass is 10.3. The van der Waals surface area contributed by atoms with Crippen LogP contribution in [0.25, 0.3) is 0 Å². The van der Waals surface area contributed by atoms with Gasteiger partial charge in [0.25, 0.3) is 0 Å². The van der Waals surface area contributed by atoms with Crippen LogP contribution in [-0.4, -0.2) is 30.8 Å². The molecule has 0 aromatic carbocycles. The van der Waals surface area contributed by atoms with E-state index in [-0.39, 0.29) is 0 Å². The minimum Gasteiger partial charge on any atom is -0.418 e. The fraction of sp³-hybridized carbons (Fsp3) is 0.429. The number of rotatable bonds is 1. The summed E-state index contributed by atoms with van der Waals surface area (Å²) in [6, 6.07) is 0. The molecule has 0 radical (unpaired) electrons. The van der Waals surface area contributed by atoms with Crippen molar-refractivity contribution in [3.05, 3.63) is 24.7 Å². The monoisotopic (exact) mass is 211 g/mol. The Morgan fingerprint density at radius 1 is 1.21 bits per heavy atom. The number of halogens is 4. The SMILES string of the molecule is CC=CN1C=CN(C)C1.F[B-](F)(F)F. The first kappa shape index (κ1) is 12.9. The fourth-order valence-corrected chi connectivity index (χ4v) is 0.840. The molecule has 0 aromatic heterocycles. The van der Waals surface area contributed by atoms with E-state index in [0.29, 0.717) is 0 Å². The Labute approximate surface area is 80.6 Å². The Kier molecular flexibility index (Phi) is 5.11. The first-order valence-corrected chi connectivity index (χ1v) is 3.97. The van der Waals surface area contributed by atoms with Crippen LogP contribution in [0.5, 0.6) is 0 Å². The van der Waals surface area contributed by atoms with Crippen molar-refractivity contribution in [1.29, 1.82) is 0 Å². The standard InChI is InChI=1S/C7H12N2.BF4/c1-3-4-9-6-5-8(2)7-9;2-1(3,4)5/h3-6H,7H2,1-2H3;/q;-1. The van der Waals surface area contributed by atoms with E-state index in [1.165, 1.54) is 0 Å². The van der Waals surface area contributed by atoms with Crippen molar-refractivity contribution < 1.29 is 17.3 Å². The van der Waals surface area contributed by atoms with Crippen LogP contribution in [0, 0.1) is 0 Å². The molecule has 82 valence electrons. The molecule has 0 saturated heterocycles. The van der Waals surface area contributed by atoms with Crippen LogP contribution in [-0.2, 0) is 0 Å². The summed E-state index contributed by atoms with van der Waals surface area (Å²) in [5, 5.41) is 0. The molecule has 0 atom stereocenters. The molecule has 0 aromatic rings. The molecule has 0 amide bonds. The third-order valence-electron chi connectivity index (χ3n) is 1.24. The largest absolute Gasteiger partial charge is 0.673 e. The van der Waals surface area contributed by atoms with Gasteiger partial charge in [0.1, 0.15) is 0 Å². The van der Waals surface area contributed by atoms with Gasteiger partial charge in [0.2, 0.25) is 0 Å². The first-order valence-electron chi connectivity index (χ1n) is 3.97. The maximum Gasteiger partial charge on any atom is 0.673 e. The predicted molar refractivity (Wildman–Crippen MR) is 48.6 cm³/mol. The second-order valence-corrected chi connectivity index (χ2v) is 2.69. The van der Waals surface area contributed by atoms with Gasteiger partial charge in [0, 0.05) is 25.6 Å². The van der Waals surface area contributed by atoms with Gasteiger partial charge in [0.15, 0.2) is 0 Å². The van der Waals surface area contributed by atoms with E-state index in [2.05, 4.69) is 35.4 Å². The smallest absolute Gasteiger partial charge is 0.418 e. The highest BCUT2D eigenvalue weighted by molar-refractivity contribution is 6.50. The molecule has 0 bridgehead atoms. The molecule has 0 unspecified atom stereocenters. The quantitative estimate of drug-likeness (QED) is 0.485. The number of allylic oxidation sites excluding steroid dienone is 1. The van der Waals surface area contributed by atoms with Gasteiger partial charge in [-0.25, -0.2) is 0 Å². The van der Waals surface area contributed by atoms with Crippen LogP contribution in [0.2, 0.25) is 0 Å². The summed E-state index contributed by atoms with van der Waals surface area (Å²) >= 11 is 0. The summed E-state index contributed by atoms with van der Waals surface area (Å²) in [4.78, 5) is 4.25. The fourth-order valence-electron chi connectivity index (χ4n) is 0.840. The molecule has 0 fully saturated rings. The van der Waals surface area contributed by atoms with Gasteiger partial charge in [-0.3, -0.25) is 0 Å². The summed E-state index contributed by atoms with van der Waals surface area (Å²) in [5.74, 6) is 0. The van der Waals surface area contributed by atoms with E-state index in [0.717, 1.165) is 6.67 Å². The number of nitrogens with zero attached hydrogens (tertiary/aromatic N) is 2. The third kappa shape index (κ3) is 8.96. The summed E-state index contributed by atoms with van der Waals surface area (Å²) in [6.07, 6.45) is 8.20. The zero-order valence-corrected chi connectivity index (χ0v) is 8.00. The molecule has 2 nitrogen and oxygen atoms in total. The van der Waals surface area contributed by atoms with Crippen LogP contribution in [0.15, 0.2) is 24.7 Å². The summed E-state index contributed by atoms with van der Waals surface area (Å²) < 4.78 is 39.0. The lowest BCUT2D eigenvalue weighted by molar-refractivity contribution is 0.364. The molecule has 1 aliphatic rings. The van der Waals surface area contributed by atoms with Crippen LogP contribution < -0.4 is 0 Å². The predicted octanol–water partition coefficient (Wildman–Crippen LogP) is 2.50. The average Bonchev–Trinajstić information content (AvgIpc) is 2.32. The van der Waals surface area contributed by atoms with Gasteiger partial charge in [-0.15, -0.1) is 0 Å². The van der Waals surface area contributed by atoms with E-state index in [1.807, 2.05) is 13.0 Å². The molecule has 7 heteroatoms. The highest BCUT2D eigenvalue weighted by atomic mass is 19.5. The average molecular weight is 211 g/mol. The first-order chi connectivity index (χ1) is 6.33. The molecular weight excluding hydrogens is 199 g/mol. The maximum absolute atomic E-state index is 9.75. The van der Waals surface area contributed by atoms with Gasteiger partial charge in [-0.05, 0) is 6.92 Å². The molecule has 1 rings (SSSR count). The van der Waals surface area contributed by atoms with Gasteiger partial charge in [-0.1, -0.05) is 6.08 Å². The zero-order chi connectivity index (χ0) is 11.2. The van der Waals surface area contributed by atoms with Crippen molar-refractivity contribution in [2.45, 2.75) is 6.92 Å². The topological polar surface area (TPSA) is 6.48 Å². The van der Waals surface area contributed by atoms with E-state index in [9.17, 15) is 17.3 Å². The Balaban J connectivity index is 0.000000292. The minimum absolute atomic E-state index is 0.977. The van der Waals surface area contributed by atoms with Gasteiger partial charge >= 0.3 is 7.25 Å². The summed E-state index contributed by atoms with van der Waals surface area (Å²) in [7, 11) is -3.94. The molecular formula is C7H12BF4N2-. The molecule has 0 saturated carbocycles. The lowest BCUT2D eigenvalue weighted by Crippen LogP contribution is -2.17. The zero-order valence-electron chi connectivity index (χ0n) is 8.00. The van der Waals surface area contributed by atoms with Gasteiger partial charge < -0.3 is 27.1 Å². The van der Waals surface area contributed by atoms with Gasteiger partial charge in [0.05, 0.1) is 6.67 Å². The van der Waals surface area contributed by atoms with Crippen LogP contribution >= 0.6 is 0 Å². The Morgan fingerprint density at radius 3 is 2.00 bits per heavy atom. The second-order valence-electron chi connectivity index (χ2n) is 2.69. The molecule has 1 heterocycles. The van der Waals surface area contributed by atoms with Crippen molar-refractivity contribution in [3.63, 3.8) is 0 Å². The van der Waals surface area contributed by atoms with Crippen LogP contribution in [0.3, 0.4) is 0 Å². The molecule has 14 heavy (non-hydrogen) atoms. The lowest BCUT2D eigenvalue weighted by Gasteiger charge is -2.12. The normalized spacial score (nSPS) is 16.1. The van der Waals surface area contributed by atoms with Crippen molar-refractivity contribution in [3.8, 4) is 0 Å². The summed E-state index contributed by atoms with van der Waals surface area (Å²) in [5.41, 5.74) is 0. The Hall–Kier alpha value is -1.14. The molecule has 0 aliphatic carbocycles. The van der Waals surface area contributed by atoms with E-state index < -0.39 is 7.25 Å². The minimum atomic E-state index is -6.00. The Morgan fingerprint density at radius 2 is 1.71 bits per heavy atom. The molecule has 1 aliphatic heterocycles. The van der Waals surface area contributed by atoms with Gasteiger partial charge in [-0.2, -0.15) is 0 Å². The van der Waals surface area contributed by atoms with Crippen LogP contribution in [0.1, 0.15) is 6.92 Å². The van der Waals surface area contributed by atoms with E-state index in [4.69, 9.17) is 0 Å². The Bertz CT molecular complexity index is 208. The van der Waals surface area contributed by atoms with E-state index in [1.54, 1.807) is 0 Å². The van der Waals surface area contributed by atoms with Crippen molar-refractivity contribution >= 4 is 7.25 Å². The second kappa shape index (κ2) is 5.56. The molecule has 0 spiro atoms. The summed E-state index contributed by atoms with van der Waals surface area (Å²) in [6.45, 7) is 3.00. The highest BCUT2D eigenvalue weighted by Crippen LogP contribution is 2.06. The van der Waals surface area contributed by atoms with Crippen LogP contribution in [0.4, 0.5) is 17.3 Å².